The Morgan fingerprint density at radius 2 is 1.68 bits per heavy atom. The number of rotatable bonds is 7. The van der Waals surface area contributed by atoms with Crippen LogP contribution in [0.5, 0.6) is 5.75 Å². The lowest BCUT2D eigenvalue weighted by atomic mass is 10.1. The average Bonchev–Trinajstić information content (AvgIpc) is 2.67. The third-order valence-electron chi connectivity index (χ3n) is 4.31. The van der Waals surface area contributed by atoms with Gasteiger partial charge in [0.1, 0.15) is 12.4 Å². The molecule has 1 aliphatic rings. The van der Waals surface area contributed by atoms with Gasteiger partial charge in [-0.05, 0) is 23.3 Å². The maximum Gasteiger partial charge on any atom is 0.234 e. The summed E-state index contributed by atoms with van der Waals surface area (Å²) in [6.45, 7) is 5.24. The summed E-state index contributed by atoms with van der Waals surface area (Å²) in [6, 6.07) is 17.8. The van der Waals surface area contributed by atoms with Gasteiger partial charge in [-0.2, -0.15) is 0 Å². The summed E-state index contributed by atoms with van der Waals surface area (Å²) in [4.78, 5) is 14.3. The van der Waals surface area contributed by atoms with Crippen LogP contribution in [0.4, 0.5) is 0 Å². The molecule has 1 amide bonds. The van der Waals surface area contributed by atoms with Crippen molar-refractivity contribution in [3.63, 3.8) is 0 Å². The van der Waals surface area contributed by atoms with E-state index in [1.165, 1.54) is 0 Å². The monoisotopic (exact) mass is 339 g/mol. The average molecular weight is 339 g/mol. The van der Waals surface area contributed by atoms with E-state index in [4.69, 9.17) is 4.74 Å². The second-order valence-corrected chi connectivity index (χ2v) is 6.17. The normalized spacial score (nSPS) is 14.9. The minimum atomic E-state index is 0.0701. The summed E-state index contributed by atoms with van der Waals surface area (Å²) in [5, 5.41) is 6.32. The molecule has 0 saturated carbocycles. The minimum Gasteiger partial charge on any atom is -0.489 e. The lowest BCUT2D eigenvalue weighted by molar-refractivity contribution is -0.122. The summed E-state index contributed by atoms with van der Waals surface area (Å²) in [7, 11) is 0. The van der Waals surface area contributed by atoms with Crippen molar-refractivity contribution in [2.75, 3.05) is 32.7 Å². The molecule has 1 aliphatic heterocycles. The third-order valence-corrected chi connectivity index (χ3v) is 4.31. The Morgan fingerprint density at radius 3 is 2.44 bits per heavy atom. The number of benzene rings is 2. The third kappa shape index (κ3) is 5.59. The summed E-state index contributed by atoms with van der Waals surface area (Å²) < 4.78 is 5.83. The molecule has 0 radical (unpaired) electrons. The first-order valence-corrected chi connectivity index (χ1v) is 8.75. The highest BCUT2D eigenvalue weighted by atomic mass is 16.5. The Labute approximate surface area is 149 Å². The molecule has 5 nitrogen and oxygen atoms in total. The molecule has 0 aromatic heterocycles. The number of nitrogens with zero attached hydrogens (tertiary/aromatic N) is 1. The van der Waals surface area contributed by atoms with Crippen LogP contribution < -0.4 is 15.4 Å². The van der Waals surface area contributed by atoms with Crippen molar-refractivity contribution in [1.82, 2.24) is 15.5 Å². The van der Waals surface area contributed by atoms with Crippen molar-refractivity contribution in [1.29, 1.82) is 0 Å². The van der Waals surface area contributed by atoms with E-state index >= 15 is 0 Å². The van der Waals surface area contributed by atoms with Gasteiger partial charge in [0.15, 0.2) is 0 Å². The number of hydrogen-bond acceptors (Lipinski definition) is 4. The van der Waals surface area contributed by atoms with Gasteiger partial charge in [-0.25, -0.2) is 0 Å². The number of carbonyl (C=O) groups excluding carboxylic acids is 1. The predicted molar refractivity (Wildman–Crippen MR) is 98.4 cm³/mol. The van der Waals surface area contributed by atoms with Crippen LogP contribution in [-0.4, -0.2) is 43.5 Å². The maximum atomic E-state index is 12.2. The largest absolute Gasteiger partial charge is 0.489 e. The lowest BCUT2D eigenvalue weighted by Crippen LogP contribution is -2.47. The first kappa shape index (κ1) is 17.5. The van der Waals surface area contributed by atoms with Crippen LogP contribution in [0.25, 0.3) is 0 Å². The number of carbonyl (C=O) groups is 1. The Kier molecular flexibility index (Phi) is 6.42. The molecule has 2 N–H and O–H groups in total. The van der Waals surface area contributed by atoms with E-state index in [0.29, 0.717) is 19.7 Å². The molecule has 5 heteroatoms. The zero-order chi connectivity index (χ0) is 17.3. The Balaban J connectivity index is 1.51. The van der Waals surface area contributed by atoms with Gasteiger partial charge < -0.3 is 15.4 Å². The second kappa shape index (κ2) is 9.20. The molecule has 0 aliphatic carbocycles. The Morgan fingerprint density at radius 1 is 1.00 bits per heavy atom. The standard InChI is InChI=1S/C20H25N3O2/c24-20(15-23-12-10-21-11-13-23)22-14-17-6-4-5-7-18(17)16-25-19-8-2-1-3-9-19/h1-9,21H,10-16H2,(H,22,24). The molecular weight excluding hydrogens is 314 g/mol. The zero-order valence-electron chi connectivity index (χ0n) is 14.4. The van der Waals surface area contributed by atoms with Crippen LogP contribution in [0.3, 0.4) is 0 Å². The summed E-state index contributed by atoms with van der Waals surface area (Å²) in [5.74, 6) is 0.917. The molecule has 0 unspecified atom stereocenters. The maximum absolute atomic E-state index is 12.2. The van der Waals surface area contributed by atoms with Gasteiger partial charge in [-0.3, -0.25) is 9.69 Å². The predicted octanol–water partition coefficient (Wildman–Crippen LogP) is 1.79. The lowest BCUT2D eigenvalue weighted by Gasteiger charge is -2.26. The van der Waals surface area contributed by atoms with E-state index in [-0.39, 0.29) is 5.91 Å². The molecule has 2 aromatic carbocycles. The quantitative estimate of drug-likeness (QED) is 0.807. The molecule has 2 aromatic rings. The van der Waals surface area contributed by atoms with Crippen molar-refractivity contribution >= 4 is 5.91 Å². The Hall–Kier alpha value is -2.37. The van der Waals surface area contributed by atoms with Crippen LogP contribution in [0, 0.1) is 0 Å². The van der Waals surface area contributed by atoms with Crippen molar-refractivity contribution in [2.24, 2.45) is 0 Å². The number of hydrogen-bond donors (Lipinski definition) is 2. The number of amides is 1. The van der Waals surface area contributed by atoms with Crippen molar-refractivity contribution in [3.8, 4) is 5.75 Å². The topological polar surface area (TPSA) is 53.6 Å². The fourth-order valence-electron chi connectivity index (χ4n) is 2.87. The highest BCUT2D eigenvalue weighted by Crippen LogP contribution is 2.14. The highest BCUT2D eigenvalue weighted by molar-refractivity contribution is 5.78. The van der Waals surface area contributed by atoms with Gasteiger partial charge in [0.2, 0.25) is 5.91 Å². The summed E-state index contributed by atoms with van der Waals surface area (Å²) in [5.41, 5.74) is 2.18. The van der Waals surface area contributed by atoms with E-state index in [0.717, 1.165) is 43.1 Å². The summed E-state index contributed by atoms with van der Waals surface area (Å²) >= 11 is 0. The fraction of sp³-hybridized carbons (Fsp3) is 0.350. The van der Waals surface area contributed by atoms with Gasteiger partial charge in [0, 0.05) is 32.7 Å². The minimum absolute atomic E-state index is 0.0701. The first-order valence-electron chi connectivity index (χ1n) is 8.75. The number of para-hydroxylation sites is 1. The SMILES string of the molecule is O=C(CN1CCNCC1)NCc1ccccc1COc1ccccc1. The van der Waals surface area contributed by atoms with Gasteiger partial charge in [-0.1, -0.05) is 42.5 Å². The summed E-state index contributed by atoms with van der Waals surface area (Å²) in [6.07, 6.45) is 0. The molecule has 1 fully saturated rings. The van der Waals surface area contributed by atoms with E-state index in [9.17, 15) is 4.79 Å². The number of nitrogens with one attached hydrogen (secondary N) is 2. The van der Waals surface area contributed by atoms with Gasteiger partial charge >= 0.3 is 0 Å². The van der Waals surface area contributed by atoms with E-state index < -0.39 is 0 Å². The molecule has 3 rings (SSSR count). The molecule has 0 spiro atoms. The highest BCUT2D eigenvalue weighted by Gasteiger charge is 2.13. The van der Waals surface area contributed by atoms with Crippen molar-refractivity contribution < 1.29 is 9.53 Å². The first-order chi connectivity index (χ1) is 12.3. The molecule has 1 saturated heterocycles. The molecule has 0 atom stereocenters. The van der Waals surface area contributed by atoms with Gasteiger partial charge in [0.05, 0.1) is 6.54 Å². The molecular formula is C20H25N3O2. The smallest absolute Gasteiger partial charge is 0.234 e. The van der Waals surface area contributed by atoms with E-state index in [1.54, 1.807) is 0 Å². The van der Waals surface area contributed by atoms with Crippen LogP contribution in [-0.2, 0) is 17.9 Å². The van der Waals surface area contributed by atoms with E-state index in [2.05, 4.69) is 15.5 Å². The molecule has 1 heterocycles. The van der Waals surface area contributed by atoms with Crippen LogP contribution in [0.1, 0.15) is 11.1 Å². The van der Waals surface area contributed by atoms with Crippen LogP contribution in [0.2, 0.25) is 0 Å². The number of ether oxygens (including phenoxy) is 1. The van der Waals surface area contributed by atoms with Crippen LogP contribution >= 0.6 is 0 Å². The van der Waals surface area contributed by atoms with Gasteiger partial charge in [0.25, 0.3) is 0 Å². The van der Waals surface area contributed by atoms with E-state index in [1.807, 2.05) is 54.6 Å². The van der Waals surface area contributed by atoms with Crippen LogP contribution in [0.15, 0.2) is 54.6 Å². The number of piperazine rings is 1. The van der Waals surface area contributed by atoms with Crippen molar-refractivity contribution in [3.05, 3.63) is 65.7 Å². The van der Waals surface area contributed by atoms with Gasteiger partial charge in [-0.15, -0.1) is 0 Å². The molecule has 25 heavy (non-hydrogen) atoms. The molecule has 0 bridgehead atoms. The zero-order valence-corrected chi connectivity index (χ0v) is 14.4. The fourth-order valence-corrected chi connectivity index (χ4v) is 2.87. The van der Waals surface area contributed by atoms with Crippen molar-refractivity contribution in [2.45, 2.75) is 13.2 Å². The Bertz CT molecular complexity index is 670. The second-order valence-electron chi connectivity index (χ2n) is 6.17. The molecule has 132 valence electrons.